The predicted octanol–water partition coefficient (Wildman–Crippen LogP) is 8.43. The van der Waals surface area contributed by atoms with E-state index < -0.39 is 0 Å². The van der Waals surface area contributed by atoms with E-state index in [2.05, 4.69) is 50.3 Å². The molecule has 170 valence electrons. The van der Waals surface area contributed by atoms with Gasteiger partial charge in [0.1, 0.15) is 18.0 Å². The van der Waals surface area contributed by atoms with Gasteiger partial charge in [-0.1, -0.05) is 95.4 Å². The van der Waals surface area contributed by atoms with Crippen LogP contribution in [0.4, 0.5) is 0 Å². The maximum atomic E-state index is 5.79. The maximum absolute atomic E-state index is 5.79. The van der Waals surface area contributed by atoms with E-state index in [1.807, 2.05) is 0 Å². The third kappa shape index (κ3) is 12.4. The summed E-state index contributed by atoms with van der Waals surface area (Å²) in [6.45, 7) is 5.85. The molecule has 2 nitrogen and oxygen atoms in total. The van der Waals surface area contributed by atoms with Crippen molar-refractivity contribution in [3.05, 3.63) is 42.0 Å². The molecule has 0 saturated carbocycles. The molecular formula is C28H46O2. The number of benzene rings is 1. The molecule has 1 heterocycles. The van der Waals surface area contributed by atoms with Crippen LogP contribution < -0.4 is 4.74 Å². The van der Waals surface area contributed by atoms with E-state index in [9.17, 15) is 0 Å². The van der Waals surface area contributed by atoms with Gasteiger partial charge in [-0.2, -0.15) is 0 Å². The molecule has 0 spiro atoms. The van der Waals surface area contributed by atoms with Gasteiger partial charge in [-0.3, -0.25) is 0 Å². The number of hydrogen-bond acceptors (Lipinski definition) is 2. The lowest BCUT2D eigenvalue weighted by molar-refractivity contribution is 0.202. The van der Waals surface area contributed by atoms with E-state index in [0.717, 1.165) is 18.8 Å². The zero-order chi connectivity index (χ0) is 21.3. The number of allylic oxidation sites excluding steroid dienone is 2. The summed E-state index contributed by atoms with van der Waals surface area (Å²) < 4.78 is 11.1. The van der Waals surface area contributed by atoms with Crippen molar-refractivity contribution in [3.8, 4) is 5.75 Å². The van der Waals surface area contributed by atoms with Crippen LogP contribution in [-0.2, 0) is 11.2 Å². The van der Waals surface area contributed by atoms with Gasteiger partial charge in [0, 0.05) is 0 Å². The summed E-state index contributed by atoms with van der Waals surface area (Å²) in [5.74, 6) is 0.947. The third-order valence-corrected chi connectivity index (χ3v) is 6.08. The molecule has 2 heteroatoms. The zero-order valence-electron chi connectivity index (χ0n) is 19.8. The van der Waals surface area contributed by atoms with Gasteiger partial charge in [0.15, 0.2) is 0 Å². The summed E-state index contributed by atoms with van der Waals surface area (Å²) in [5.41, 5.74) is 1.36. The van der Waals surface area contributed by atoms with Crippen LogP contribution in [0.15, 0.2) is 36.4 Å². The van der Waals surface area contributed by atoms with E-state index in [0.29, 0.717) is 6.61 Å². The van der Waals surface area contributed by atoms with Crippen molar-refractivity contribution in [2.75, 3.05) is 13.2 Å². The number of epoxide rings is 1. The van der Waals surface area contributed by atoms with Crippen LogP contribution in [0.25, 0.3) is 0 Å². The van der Waals surface area contributed by atoms with Gasteiger partial charge in [0.25, 0.3) is 0 Å². The second kappa shape index (κ2) is 15.5. The summed E-state index contributed by atoms with van der Waals surface area (Å²) >= 11 is 0. The number of rotatable bonds is 19. The fraction of sp³-hybridized carbons (Fsp3) is 0.714. The summed E-state index contributed by atoms with van der Waals surface area (Å²) in [4.78, 5) is 0. The fourth-order valence-corrected chi connectivity index (χ4v) is 3.78. The lowest BCUT2D eigenvalue weighted by atomic mass is 10.0. The Kier molecular flexibility index (Phi) is 12.9. The summed E-state index contributed by atoms with van der Waals surface area (Å²) in [7, 11) is 0. The van der Waals surface area contributed by atoms with Crippen LogP contribution >= 0.6 is 0 Å². The van der Waals surface area contributed by atoms with Gasteiger partial charge in [0.05, 0.1) is 6.61 Å². The minimum absolute atomic E-state index is 0.0431. The predicted molar refractivity (Wildman–Crippen MR) is 129 cm³/mol. The van der Waals surface area contributed by atoms with Crippen molar-refractivity contribution in [1.82, 2.24) is 0 Å². The topological polar surface area (TPSA) is 21.8 Å². The van der Waals surface area contributed by atoms with Crippen LogP contribution in [0.5, 0.6) is 5.75 Å². The molecule has 1 unspecified atom stereocenters. The molecular weight excluding hydrogens is 368 g/mol. The number of ether oxygens (including phenoxy) is 2. The minimum atomic E-state index is -0.0431. The minimum Gasteiger partial charge on any atom is -0.491 e. The average molecular weight is 415 g/mol. The van der Waals surface area contributed by atoms with E-state index >= 15 is 0 Å². The zero-order valence-corrected chi connectivity index (χ0v) is 19.8. The first kappa shape index (κ1) is 25.0. The second-order valence-electron chi connectivity index (χ2n) is 9.36. The molecule has 1 atom stereocenters. The Hall–Kier alpha value is -1.28. The molecule has 1 aliphatic rings. The normalized spacial score (nSPS) is 18.2. The Morgan fingerprint density at radius 1 is 0.800 bits per heavy atom. The third-order valence-electron chi connectivity index (χ3n) is 6.08. The molecule has 0 amide bonds. The number of unbranched alkanes of at least 4 members (excludes halogenated alkanes) is 12. The van der Waals surface area contributed by atoms with E-state index in [1.54, 1.807) is 0 Å². The van der Waals surface area contributed by atoms with Crippen molar-refractivity contribution in [3.63, 3.8) is 0 Å². The molecule has 2 rings (SSSR count). The SMILES string of the molecule is CCCCCCCCCCCCC/C=C/CCCc1ccc(OCC2(C)CO2)cc1. The summed E-state index contributed by atoms with van der Waals surface area (Å²) in [6.07, 6.45) is 25.2. The van der Waals surface area contributed by atoms with Crippen molar-refractivity contribution in [1.29, 1.82) is 0 Å². The number of hydrogen-bond donors (Lipinski definition) is 0. The first-order valence-electron chi connectivity index (χ1n) is 12.7. The molecule has 0 radical (unpaired) electrons. The standard InChI is InChI=1S/C28H46O2/c1-3-4-5-6-7-8-9-10-11-12-13-14-15-16-17-18-19-26-20-22-27(23-21-26)29-24-28(2)25-30-28/h15-16,20-23H,3-14,17-19,24-25H2,1-2H3/b16-15+. The average Bonchev–Trinajstić information content (AvgIpc) is 3.50. The molecule has 1 fully saturated rings. The highest BCUT2D eigenvalue weighted by Crippen LogP contribution is 2.27. The molecule has 30 heavy (non-hydrogen) atoms. The highest BCUT2D eigenvalue weighted by Gasteiger charge is 2.40. The van der Waals surface area contributed by atoms with Crippen molar-refractivity contribution in [2.24, 2.45) is 0 Å². The van der Waals surface area contributed by atoms with Crippen molar-refractivity contribution in [2.45, 2.75) is 116 Å². The maximum Gasteiger partial charge on any atom is 0.123 e. The largest absolute Gasteiger partial charge is 0.491 e. The Morgan fingerprint density at radius 2 is 1.33 bits per heavy atom. The molecule has 1 aromatic carbocycles. The van der Waals surface area contributed by atoms with Crippen LogP contribution in [0.1, 0.15) is 109 Å². The first-order chi connectivity index (χ1) is 14.7. The molecule has 1 saturated heterocycles. The Labute approximate surface area is 186 Å². The van der Waals surface area contributed by atoms with E-state index in [-0.39, 0.29) is 5.60 Å². The highest BCUT2D eigenvalue weighted by atomic mass is 16.6. The summed E-state index contributed by atoms with van der Waals surface area (Å²) in [5, 5.41) is 0. The number of aryl methyl sites for hydroxylation is 1. The second-order valence-corrected chi connectivity index (χ2v) is 9.36. The van der Waals surface area contributed by atoms with Gasteiger partial charge < -0.3 is 9.47 Å². The van der Waals surface area contributed by atoms with E-state index in [1.165, 1.54) is 95.5 Å². The smallest absolute Gasteiger partial charge is 0.123 e. The van der Waals surface area contributed by atoms with Crippen molar-refractivity contribution >= 4 is 0 Å². The monoisotopic (exact) mass is 414 g/mol. The van der Waals surface area contributed by atoms with Gasteiger partial charge >= 0.3 is 0 Å². The van der Waals surface area contributed by atoms with E-state index in [4.69, 9.17) is 9.47 Å². The summed E-state index contributed by atoms with van der Waals surface area (Å²) in [6, 6.07) is 8.56. The first-order valence-corrected chi connectivity index (χ1v) is 12.7. The molecule has 1 aromatic rings. The van der Waals surface area contributed by atoms with Gasteiger partial charge in [-0.15, -0.1) is 0 Å². The van der Waals surface area contributed by atoms with Gasteiger partial charge in [-0.05, 0) is 56.7 Å². The van der Waals surface area contributed by atoms with Gasteiger partial charge in [-0.25, -0.2) is 0 Å². The fourth-order valence-electron chi connectivity index (χ4n) is 3.78. The quantitative estimate of drug-likeness (QED) is 0.129. The van der Waals surface area contributed by atoms with Crippen LogP contribution in [-0.4, -0.2) is 18.8 Å². The van der Waals surface area contributed by atoms with Crippen molar-refractivity contribution < 1.29 is 9.47 Å². The molecule has 0 aromatic heterocycles. The lowest BCUT2D eigenvalue weighted by Crippen LogP contribution is -2.16. The van der Waals surface area contributed by atoms with Crippen LogP contribution in [0, 0.1) is 0 Å². The van der Waals surface area contributed by atoms with Gasteiger partial charge in [0.2, 0.25) is 0 Å². The van der Waals surface area contributed by atoms with Crippen LogP contribution in [0.3, 0.4) is 0 Å². The highest BCUT2D eigenvalue weighted by molar-refractivity contribution is 5.27. The lowest BCUT2D eigenvalue weighted by Gasteiger charge is -2.09. The molecule has 0 bridgehead atoms. The molecule has 0 aliphatic carbocycles. The van der Waals surface area contributed by atoms with Crippen LogP contribution in [0.2, 0.25) is 0 Å². The Bertz CT molecular complexity index is 557. The molecule has 1 aliphatic heterocycles. The molecule has 0 N–H and O–H groups in total. The Morgan fingerprint density at radius 3 is 1.90 bits per heavy atom. The Balaban J connectivity index is 1.36.